The largest absolute Gasteiger partial charge is 0.497 e. The summed E-state index contributed by atoms with van der Waals surface area (Å²) >= 11 is 0. The summed E-state index contributed by atoms with van der Waals surface area (Å²) in [5.74, 6) is -0.723. The van der Waals surface area contributed by atoms with Crippen molar-refractivity contribution in [2.75, 3.05) is 7.11 Å². The molecule has 2 aromatic rings. The van der Waals surface area contributed by atoms with Gasteiger partial charge in [-0.25, -0.2) is 0 Å². The second-order valence-electron chi connectivity index (χ2n) is 4.36. The van der Waals surface area contributed by atoms with Crippen LogP contribution < -0.4 is 4.74 Å². The summed E-state index contributed by atoms with van der Waals surface area (Å²) in [6.07, 6.45) is 3.50. The lowest BCUT2D eigenvalue weighted by Gasteiger charge is -2.07. The molecule has 0 heterocycles. The van der Waals surface area contributed by atoms with Crippen LogP contribution in [-0.4, -0.2) is 18.2 Å². The molecule has 1 atom stereocenters. The number of methoxy groups -OCH3 is 1. The highest BCUT2D eigenvalue weighted by molar-refractivity contribution is 5.80. The van der Waals surface area contributed by atoms with Crippen molar-refractivity contribution < 1.29 is 14.6 Å². The minimum atomic E-state index is -0.860. The van der Waals surface area contributed by atoms with E-state index < -0.39 is 11.9 Å². The molecule has 2 aromatic carbocycles. The minimum Gasteiger partial charge on any atom is -0.497 e. The molecule has 102 valence electrons. The molecule has 0 bridgehead atoms. The quantitative estimate of drug-likeness (QED) is 0.901. The van der Waals surface area contributed by atoms with E-state index in [1.807, 2.05) is 60.7 Å². The zero-order valence-electron chi connectivity index (χ0n) is 11.2. The third-order valence-corrected chi connectivity index (χ3v) is 3.02. The maximum atomic E-state index is 11.4. The van der Waals surface area contributed by atoms with Crippen molar-refractivity contribution in [3.8, 4) is 5.75 Å². The van der Waals surface area contributed by atoms with Gasteiger partial charge in [-0.3, -0.25) is 4.79 Å². The van der Waals surface area contributed by atoms with E-state index in [4.69, 9.17) is 4.74 Å². The third kappa shape index (κ3) is 3.48. The highest BCUT2D eigenvalue weighted by Gasteiger charge is 2.15. The minimum absolute atomic E-state index is 0.640. The van der Waals surface area contributed by atoms with Crippen LogP contribution in [0.5, 0.6) is 5.75 Å². The van der Waals surface area contributed by atoms with Gasteiger partial charge in [0.2, 0.25) is 0 Å². The lowest BCUT2D eigenvalue weighted by Crippen LogP contribution is -2.08. The van der Waals surface area contributed by atoms with Crippen molar-refractivity contribution in [3.05, 3.63) is 71.8 Å². The summed E-state index contributed by atoms with van der Waals surface area (Å²) in [7, 11) is 1.61. The summed E-state index contributed by atoms with van der Waals surface area (Å²) in [5, 5.41) is 9.32. The van der Waals surface area contributed by atoms with Crippen LogP contribution in [-0.2, 0) is 4.79 Å². The van der Waals surface area contributed by atoms with Crippen molar-refractivity contribution in [1.82, 2.24) is 0 Å². The van der Waals surface area contributed by atoms with E-state index in [0.717, 1.165) is 16.9 Å². The molecule has 20 heavy (non-hydrogen) atoms. The predicted octanol–water partition coefficient (Wildman–Crippen LogP) is 3.58. The van der Waals surface area contributed by atoms with Gasteiger partial charge in [-0.05, 0) is 23.3 Å². The Morgan fingerprint density at radius 3 is 2.30 bits per heavy atom. The molecule has 0 fully saturated rings. The number of hydrogen-bond acceptors (Lipinski definition) is 2. The topological polar surface area (TPSA) is 46.5 Å². The van der Waals surface area contributed by atoms with Crippen molar-refractivity contribution in [1.29, 1.82) is 0 Å². The van der Waals surface area contributed by atoms with Crippen LogP contribution >= 0.6 is 0 Å². The van der Waals surface area contributed by atoms with Crippen LogP contribution in [0.25, 0.3) is 6.08 Å². The number of aliphatic carboxylic acids is 1. The average Bonchev–Trinajstić information content (AvgIpc) is 2.49. The van der Waals surface area contributed by atoms with Crippen LogP contribution in [0.1, 0.15) is 17.0 Å². The predicted molar refractivity (Wildman–Crippen MR) is 78.8 cm³/mol. The molecule has 0 saturated heterocycles. The van der Waals surface area contributed by atoms with Crippen LogP contribution in [0, 0.1) is 0 Å². The fourth-order valence-corrected chi connectivity index (χ4v) is 1.92. The van der Waals surface area contributed by atoms with E-state index in [-0.39, 0.29) is 0 Å². The second kappa shape index (κ2) is 6.57. The fourth-order valence-electron chi connectivity index (χ4n) is 1.92. The zero-order chi connectivity index (χ0) is 14.4. The molecule has 3 heteroatoms. The first-order valence-corrected chi connectivity index (χ1v) is 6.30. The standard InChI is InChI=1S/C17H16O3/c1-20-15-10-7-13(8-11-15)9-12-16(17(18)19)14-5-3-2-4-6-14/h2-12,16H,1H3,(H,18,19)/b12-9+. The number of benzene rings is 2. The molecule has 1 unspecified atom stereocenters. The summed E-state index contributed by atoms with van der Waals surface area (Å²) in [6.45, 7) is 0. The molecule has 0 aliphatic carbocycles. The third-order valence-electron chi connectivity index (χ3n) is 3.02. The van der Waals surface area contributed by atoms with Gasteiger partial charge in [-0.1, -0.05) is 54.6 Å². The van der Waals surface area contributed by atoms with Crippen molar-refractivity contribution in [2.45, 2.75) is 5.92 Å². The lowest BCUT2D eigenvalue weighted by atomic mass is 9.98. The maximum absolute atomic E-state index is 11.4. The monoisotopic (exact) mass is 268 g/mol. The van der Waals surface area contributed by atoms with Gasteiger partial charge in [0.15, 0.2) is 0 Å². The van der Waals surface area contributed by atoms with E-state index in [1.54, 1.807) is 13.2 Å². The van der Waals surface area contributed by atoms with Crippen LogP contribution in [0.4, 0.5) is 0 Å². The van der Waals surface area contributed by atoms with Crippen LogP contribution in [0.3, 0.4) is 0 Å². The SMILES string of the molecule is COc1ccc(/C=C/C(C(=O)O)c2ccccc2)cc1. The molecular weight excluding hydrogens is 252 g/mol. The lowest BCUT2D eigenvalue weighted by molar-refractivity contribution is -0.137. The van der Waals surface area contributed by atoms with Crippen molar-refractivity contribution in [2.24, 2.45) is 0 Å². The smallest absolute Gasteiger partial charge is 0.314 e. The molecule has 0 aliphatic heterocycles. The molecule has 0 saturated carbocycles. The molecule has 1 N–H and O–H groups in total. The van der Waals surface area contributed by atoms with Crippen LogP contribution in [0.15, 0.2) is 60.7 Å². The van der Waals surface area contributed by atoms with E-state index >= 15 is 0 Å². The molecule has 2 rings (SSSR count). The zero-order valence-corrected chi connectivity index (χ0v) is 11.2. The summed E-state index contributed by atoms with van der Waals surface area (Å²) in [4.78, 5) is 11.4. The highest BCUT2D eigenvalue weighted by Crippen LogP contribution is 2.19. The Kier molecular flexibility index (Phi) is 4.56. The first-order valence-electron chi connectivity index (χ1n) is 6.30. The molecular formula is C17H16O3. The summed E-state index contributed by atoms with van der Waals surface area (Å²) in [6, 6.07) is 16.7. The van der Waals surface area contributed by atoms with Gasteiger partial charge in [0.1, 0.15) is 11.7 Å². The Hall–Kier alpha value is -2.55. The second-order valence-corrected chi connectivity index (χ2v) is 4.36. The van der Waals surface area contributed by atoms with Gasteiger partial charge in [0, 0.05) is 0 Å². The molecule has 0 spiro atoms. The van der Waals surface area contributed by atoms with Gasteiger partial charge in [0.05, 0.1) is 7.11 Å². The van der Waals surface area contributed by atoms with E-state index in [9.17, 15) is 9.90 Å². The molecule has 0 amide bonds. The Morgan fingerprint density at radius 2 is 1.75 bits per heavy atom. The first kappa shape index (κ1) is 13.9. The van der Waals surface area contributed by atoms with Gasteiger partial charge >= 0.3 is 5.97 Å². The highest BCUT2D eigenvalue weighted by atomic mass is 16.5. The average molecular weight is 268 g/mol. The Bertz CT molecular complexity index is 585. The normalized spacial score (nSPS) is 12.2. The van der Waals surface area contributed by atoms with E-state index in [2.05, 4.69) is 0 Å². The van der Waals surface area contributed by atoms with Gasteiger partial charge in [-0.2, -0.15) is 0 Å². The number of carboxylic acid groups (broad SMARTS) is 1. The molecule has 0 aliphatic rings. The van der Waals surface area contributed by atoms with Gasteiger partial charge < -0.3 is 9.84 Å². The number of hydrogen-bond donors (Lipinski definition) is 1. The van der Waals surface area contributed by atoms with Gasteiger partial charge in [-0.15, -0.1) is 0 Å². The Labute approximate surface area is 118 Å². The van der Waals surface area contributed by atoms with Crippen LogP contribution in [0.2, 0.25) is 0 Å². The number of carboxylic acids is 1. The number of carbonyl (C=O) groups is 1. The van der Waals surface area contributed by atoms with E-state index in [0.29, 0.717) is 0 Å². The Morgan fingerprint density at radius 1 is 1.10 bits per heavy atom. The molecule has 3 nitrogen and oxygen atoms in total. The molecule has 0 aromatic heterocycles. The Balaban J connectivity index is 2.19. The van der Waals surface area contributed by atoms with Gasteiger partial charge in [0.25, 0.3) is 0 Å². The van der Waals surface area contributed by atoms with E-state index in [1.165, 1.54) is 0 Å². The molecule has 0 radical (unpaired) electrons. The summed E-state index contributed by atoms with van der Waals surface area (Å²) in [5.41, 5.74) is 1.71. The fraction of sp³-hybridized carbons (Fsp3) is 0.118. The number of rotatable bonds is 5. The first-order chi connectivity index (χ1) is 9.70. The summed E-state index contributed by atoms with van der Waals surface area (Å²) < 4.78 is 5.08. The number of ether oxygens (including phenoxy) is 1. The van der Waals surface area contributed by atoms with Crippen molar-refractivity contribution >= 4 is 12.0 Å². The maximum Gasteiger partial charge on any atom is 0.314 e. The van der Waals surface area contributed by atoms with Crippen molar-refractivity contribution in [3.63, 3.8) is 0 Å².